The number of benzene rings is 1. The van der Waals surface area contributed by atoms with Crippen LogP contribution in [0.3, 0.4) is 0 Å². The van der Waals surface area contributed by atoms with Gasteiger partial charge in [0.25, 0.3) is 0 Å². The SMILES string of the molecule is C#CCO/N=C(\C)c1c(O)c2ccc(OC3O[C@@](C)(CC)C(OC)C(OC(=O)NOCC#C)C3O)c(C)c2oc1=O. The standard InChI is InChI=1S/C28H32N2O11/c1-8-13-36-29-16(5)19-20(31)17-11-12-18(15(4)22(17)39-25(19)33)38-26-21(32)23(40-27(34)30-37-14-9-2)24(35-7)28(6,10-3)41-26/h1-2,11-12,21,23-24,26,31-32H,10,13-14H2,3-7H3,(H,30,34)/b29-16+/t21?,23?,24?,26?,28-/m0/s1. The molecule has 0 bridgehead atoms. The van der Waals surface area contributed by atoms with Gasteiger partial charge in [0.15, 0.2) is 18.8 Å². The molecular weight excluding hydrogens is 540 g/mol. The van der Waals surface area contributed by atoms with Gasteiger partial charge in [-0.1, -0.05) is 23.9 Å². The fourth-order valence-electron chi connectivity index (χ4n) is 4.41. The number of hydrogen-bond acceptors (Lipinski definition) is 12. The normalized spacial score (nSPS) is 24.2. The van der Waals surface area contributed by atoms with Crippen molar-refractivity contribution in [2.45, 2.75) is 64.3 Å². The van der Waals surface area contributed by atoms with Gasteiger partial charge in [0, 0.05) is 12.7 Å². The van der Waals surface area contributed by atoms with Gasteiger partial charge in [-0.15, -0.1) is 12.8 Å². The van der Waals surface area contributed by atoms with Gasteiger partial charge in [0.05, 0.1) is 16.7 Å². The van der Waals surface area contributed by atoms with Crippen molar-refractivity contribution in [1.29, 1.82) is 0 Å². The van der Waals surface area contributed by atoms with E-state index in [1.807, 2.05) is 12.4 Å². The largest absolute Gasteiger partial charge is 0.506 e. The number of oxime groups is 1. The molecule has 1 fully saturated rings. The molecule has 1 aromatic carbocycles. The Labute approximate surface area is 236 Å². The zero-order valence-corrected chi connectivity index (χ0v) is 23.3. The van der Waals surface area contributed by atoms with Crippen LogP contribution in [0.2, 0.25) is 0 Å². The summed E-state index contributed by atoms with van der Waals surface area (Å²) in [5, 5.41) is 26.0. The highest BCUT2D eigenvalue weighted by atomic mass is 16.7. The monoisotopic (exact) mass is 572 g/mol. The summed E-state index contributed by atoms with van der Waals surface area (Å²) in [4.78, 5) is 34.8. The molecule has 220 valence electrons. The number of aromatic hydroxyl groups is 1. The zero-order chi connectivity index (χ0) is 30.3. The Morgan fingerprint density at radius 2 is 1.98 bits per heavy atom. The number of ether oxygens (including phenoxy) is 4. The lowest BCUT2D eigenvalue weighted by Gasteiger charge is -2.48. The van der Waals surface area contributed by atoms with Crippen molar-refractivity contribution in [3.05, 3.63) is 33.7 Å². The van der Waals surface area contributed by atoms with Crippen molar-refractivity contribution in [3.63, 3.8) is 0 Å². The Hall–Kier alpha value is -4.27. The molecule has 1 aliphatic heterocycles. The maximum Gasteiger partial charge on any atom is 0.431 e. The van der Waals surface area contributed by atoms with Crippen LogP contribution in [-0.2, 0) is 23.9 Å². The van der Waals surface area contributed by atoms with Gasteiger partial charge < -0.3 is 38.4 Å². The minimum atomic E-state index is -1.53. The first-order valence-electron chi connectivity index (χ1n) is 12.5. The van der Waals surface area contributed by atoms with Gasteiger partial charge in [-0.25, -0.2) is 9.59 Å². The number of fused-ring (bicyclic) bond motifs is 1. The third-order valence-corrected chi connectivity index (χ3v) is 6.61. The summed E-state index contributed by atoms with van der Waals surface area (Å²) in [6.45, 7) is 6.27. The quantitative estimate of drug-likeness (QED) is 0.125. The number of aliphatic hydroxyl groups is 1. The molecular formula is C28H32N2O11. The molecule has 13 heteroatoms. The Bertz CT molecular complexity index is 1440. The number of amides is 1. The molecule has 41 heavy (non-hydrogen) atoms. The number of terminal acetylenes is 2. The molecule has 1 aromatic heterocycles. The smallest absolute Gasteiger partial charge is 0.431 e. The molecule has 4 unspecified atom stereocenters. The molecule has 2 aromatic rings. The van der Waals surface area contributed by atoms with Crippen LogP contribution in [0.5, 0.6) is 11.5 Å². The third-order valence-electron chi connectivity index (χ3n) is 6.61. The minimum absolute atomic E-state index is 0.0299. The first-order valence-corrected chi connectivity index (χ1v) is 12.5. The van der Waals surface area contributed by atoms with E-state index in [1.54, 1.807) is 13.8 Å². The van der Waals surface area contributed by atoms with Crippen LogP contribution in [0.15, 0.2) is 26.5 Å². The maximum atomic E-state index is 12.8. The van der Waals surface area contributed by atoms with Crippen LogP contribution < -0.4 is 15.8 Å². The van der Waals surface area contributed by atoms with E-state index in [0.717, 1.165) is 0 Å². The van der Waals surface area contributed by atoms with Crippen molar-refractivity contribution in [2.24, 2.45) is 5.16 Å². The molecule has 3 rings (SSSR count). The van der Waals surface area contributed by atoms with Crippen molar-refractivity contribution >= 4 is 22.8 Å². The molecule has 1 amide bonds. The summed E-state index contributed by atoms with van der Waals surface area (Å²) in [5.41, 5.74) is 0.318. The molecule has 0 radical (unpaired) electrons. The maximum absolute atomic E-state index is 12.8. The first-order chi connectivity index (χ1) is 19.5. The van der Waals surface area contributed by atoms with E-state index < -0.39 is 41.9 Å². The predicted octanol–water partition coefficient (Wildman–Crippen LogP) is 2.12. The topological polar surface area (TPSA) is 168 Å². The number of hydroxylamine groups is 1. The van der Waals surface area contributed by atoms with Crippen molar-refractivity contribution in [1.82, 2.24) is 5.48 Å². The highest BCUT2D eigenvalue weighted by molar-refractivity contribution is 6.04. The first kappa shape index (κ1) is 31.3. The van der Waals surface area contributed by atoms with E-state index in [1.165, 1.54) is 26.2 Å². The molecule has 1 aliphatic rings. The van der Waals surface area contributed by atoms with Crippen molar-refractivity contribution < 1.29 is 48.0 Å². The van der Waals surface area contributed by atoms with E-state index in [9.17, 15) is 19.8 Å². The van der Waals surface area contributed by atoms with Gasteiger partial charge in [0.2, 0.25) is 6.29 Å². The fraction of sp³-hybridized carbons (Fsp3) is 0.464. The summed E-state index contributed by atoms with van der Waals surface area (Å²) in [6.07, 6.45) is 4.59. The van der Waals surface area contributed by atoms with Gasteiger partial charge in [-0.05, 0) is 39.3 Å². The van der Waals surface area contributed by atoms with Gasteiger partial charge in [-0.2, -0.15) is 5.48 Å². The Balaban J connectivity index is 1.96. The summed E-state index contributed by atoms with van der Waals surface area (Å²) < 4.78 is 28.6. The van der Waals surface area contributed by atoms with Gasteiger partial charge in [0.1, 0.15) is 35.4 Å². The second-order valence-electron chi connectivity index (χ2n) is 9.21. The van der Waals surface area contributed by atoms with Gasteiger partial charge in [-0.3, -0.25) is 4.84 Å². The van der Waals surface area contributed by atoms with Gasteiger partial charge >= 0.3 is 11.7 Å². The molecule has 13 nitrogen and oxygen atoms in total. The van der Waals surface area contributed by atoms with Crippen LogP contribution in [0, 0.1) is 31.6 Å². The number of nitrogens with one attached hydrogen (secondary N) is 1. The highest BCUT2D eigenvalue weighted by Gasteiger charge is 2.54. The van der Waals surface area contributed by atoms with Crippen LogP contribution >= 0.6 is 0 Å². The minimum Gasteiger partial charge on any atom is -0.506 e. The molecule has 5 atom stereocenters. The lowest BCUT2D eigenvalue weighted by molar-refractivity contribution is -0.311. The lowest BCUT2D eigenvalue weighted by atomic mass is 9.86. The fourth-order valence-corrected chi connectivity index (χ4v) is 4.41. The number of aliphatic hydroxyl groups excluding tert-OH is 1. The molecule has 2 heterocycles. The van der Waals surface area contributed by atoms with Crippen LogP contribution in [-0.4, -0.2) is 72.5 Å². The molecule has 3 N–H and O–H groups in total. The molecule has 0 aliphatic carbocycles. The number of rotatable bonds is 10. The third kappa shape index (κ3) is 6.56. The Kier molecular flexibility index (Phi) is 10.2. The average molecular weight is 573 g/mol. The summed E-state index contributed by atoms with van der Waals surface area (Å²) in [7, 11) is 1.39. The number of hydrogen-bond donors (Lipinski definition) is 3. The van der Waals surface area contributed by atoms with E-state index >= 15 is 0 Å². The molecule has 0 spiro atoms. The van der Waals surface area contributed by atoms with Crippen LogP contribution in [0.1, 0.15) is 38.3 Å². The molecule has 0 saturated carbocycles. The molecule has 1 saturated heterocycles. The second-order valence-corrected chi connectivity index (χ2v) is 9.21. The van der Waals surface area contributed by atoms with E-state index in [4.69, 9.17) is 45.9 Å². The zero-order valence-electron chi connectivity index (χ0n) is 23.3. The van der Waals surface area contributed by atoms with E-state index in [2.05, 4.69) is 17.0 Å². The number of nitrogens with zero attached hydrogens (tertiary/aromatic N) is 1. The summed E-state index contributed by atoms with van der Waals surface area (Å²) in [6, 6.07) is 2.96. The summed E-state index contributed by atoms with van der Waals surface area (Å²) in [5.74, 6) is 4.21. The Morgan fingerprint density at radius 1 is 1.27 bits per heavy atom. The highest BCUT2D eigenvalue weighted by Crippen LogP contribution is 2.39. The number of aryl methyl sites for hydroxylation is 1. The predicted molar refractivity (Wildman–Crippen MR) is 145 cm³/mol. The average Bonchev–Trinajstić information content (AvgIpc) is 2.93. The van der Waals surface area contributed by atoms with E-state index in [-0.39, 0.29) is 47.0 Å². The Morgan fingerprint density at radius 3 is 2.61 bits per heavy atom. The lowest BCUT2D eigenvalue weighted by Crippen LogP contribution is -2.66. The van der Waals surface area contributed by atoms with Crippen LogP contribution in [0.4, 0.5) is 4.79 Å². The number of methoxy groups -OCH3 is 1. The van der Waals surface area contributed by atoms with E-state index in [0.29, 0.717) is 12.0 Å². The number of carbonyl (C=O) groups excluding carboxylic acids is 1. The van der Waals surface area contributed by atoms with Crippen molar-refractivity contribution in [2.75, 3.05) is 20.3 Å². The number of carbonyl (C=O) groups is 1. The summed E-state index contributed by atoms with van der Waals surface area (Å²) >= 11 is 0. The second kappa shape index (κ2) is 13.4. The van der Waals surface area contributed by atoms with Crippen LogP contribution in [0.25, 0.3) is 11.0 Å². The van der Waals surface area contributed by atoms with Crippen molar-refractivity contribution in [3.8, 4) is 36.2 Å².